The molecule has 0 spiro atoms. The van der Waals surface area contributed by atoms with Gasteiger partial charge in [0.05, 0.1) is 6.61 Å². The number of aromatic nitrogens is 1. The summed E-state index contributed by atoms with van der Waals surface area (Å²) in [5, 5.41) is 0. The van der Waals surface area contributed by atoms with Gasteiger partial charge < -0.3 is 9.30 Å². The van der Waals surface area contributed by atoms with Crippen LogP contribution in [0, 0.1) is 0 Å². The molecule has 0 atom stereocenters. The smallest absolute Gasteiger partial charge is 0.161 e. The molecule has 3 heteroatoms. The average molecular weight is 229 g/mol. The standard InChI is InChI=1S/C14H15NO2/c1-3-17-14-6-4-13(5-7-14)15-9-8-12(10-15)11(2)16/h4-10H,3H2,1-2H3. The molecule has 0 radical (unpaired) electrons. The number of ether oxygens (including phenoxy) is 1. The van der Waals surface area contributed by atoms with Gasteiger partial charge in [-0.1, -0.05) is 0 Å². The van der Waals surface area contributed by atoms with E-state index in [0.717, 1.165) is 17.0 Å². The highest BCUT2D eigenvalue weighted by Crippen LogP contribution is 2.16. The maximum atomic E-state index is 11.2. The van der Waals surface area contributed by atoms with Crippen LogP contribution < -0.4 is 4.74 Å². The van der Waals surface area contributed by atoms with Gasteiger partial charge in [0.1, 0.15) is 5.75 Å². The lowest BCUT2D eigenvalue weighted by atomic mass is 10.2. The molecule has 0 aliphatic carbocycles. The molecule has 88 valence electrons. The van der Waals surface area contributed by atoms with Crippen LogP contribution in [0.2, 0.25) is 0 Å². The Labute approximate surface area is 101 Å². The third-order valence-electron chi connectivity index (χ3n) is 2.55. The van der Waals surface area contributed by atoms with Gasteiger partial charge in [-0.25, -0.2) is 0 Å². The predicted molar refractivity (Wildman–Crippen MR) is 66.9 cm³/mol. The molecule has 0 fully saturated rings. The van der Waals surface area contributed by atoms with E-state index in [4.69, 9.17) is 4.74 Å². The molecule has 3 nitrogen and oxygen atoms in total. The number of nitrogens with zero attached hydrogens (tertiary/aromatic N) is 1. The molecule has 0 amide bonds. The fourth-order valence-electron chi connectivity index (χ4n) is 1.65. The highest BCUT2D eigenvalue weighted by molar-refractivity contribution is 5.93. The summed E-state index contributed by atoms with van der Waals surface area (Å²) in [6, 6.07) is 9.60. The van der Waals surface area contributed by atoms with Gasteiger partial charge in [0.25, 0.3) is 0 Å². The third-order valence-corrected chi connectivity index (χ3v) is 2.55. The lowest BCUT2D eigenvalue weighted by molar-refractivity contribution is 0.101. The van der Waals surface area contributed by atoms with E-state index < -0.39 is 0 Å². The zero-order valence-corrected chi connectivity index (χ0v) is 10.0. The zero-order valence-electron chi connectivity index (χ0n) is 10.0. The minimum atomic E-state index is 0.0784. The Morgan fingerprint density at radius 1 is 1.24 bits per heavy atom. The maximum Gasteiger partial charge on any atom is 0.161 e. The van der Waals surface area contributed by atoms with E-state index in [1.807, 2.05) is 54.2 Å². The van der Waals surface area contributed by atoms with Crippen LogP contribution in [0.25, 0.3) is 5.69 Å². The van der Waals surface area contributed by atoms with E-state index in [0.29, 0.717) is 6.61 Å². The Kier molecular flexibility index (Phi) is 3.28. The first-order valence-electron chi connectivity index (χ1n) is 5.63. The molecule has 0 N–H and O–H groups in total. The van der Waals surface area contributed by atoms with Gasteiger partial charge in [-0.05, 0) is 44.2 Å². The molecule has 2 rings (SSSR count). The van der Waals surface area contributed by atoms with Crippen LogP contribution in [0.4, 0.5) is 0 Å². The van der Waals surface area contributed by atoms with E-state index in [-0.39, 0.29) is 5.78 Å². The normalized spacial score (nSPS) is 10.2. The van der Waals surface area contributed by atoms with Crippen molar-refractivity contribution in [1.82, 2.24) is 4.57 Å². The fraction of sp³-hybridized carbons (Fsp3) is 0.214. The van der Waals surface area contributed by atoms with Crippen molar-refractivity contribution in [2.45, 2.75) is 13.8 Å². The second-order valence-electron chi connectivity index (χ2n) is 3.79. The highest BCUT2D eigenvalue weighted by atomic mass is 16.5. The van der Waals surface area contributed by atoms with Gasteiger partial charge in [-0.15, -0.1) is 0 Å². The summed E-state index contributed by atoms with van der Waals surface area (Å²) in [5.41, 5.74) is 1.74. The van der Waals surface area contributed by atoms with Crippen molar-refractivity contribution in [2.75, 3.05) is 6.61 Å². The minimum absolute atomic E-state index is 0.0784. The topological polar surface area (TPSA) is 31.2 Å². The van der Waals surface area contributed by atoms with Crippen LogP contribution >= 0.6 is 0 Å². The van der Waals surface area contributed by atoms with Gasteiger partial charge in [0.2, 0.25) is 0 Å². The summed E-state index contributed by atoms with van der Waals surface area (Å²) in [7, 11) is 0. The minimum Gasteiger partial charge on any atom is -0.494 e. The van der Waals surface area contributed by atoms with E-state index in [1.165, 1.54) is 0 Å². The number of carbonyl (C=O) groups excluding carboxylic acids is 1. The number of hydrogen-bond donors (Lipinski definition) is 0. The fourth-order valence-corrected chi connectivity index (χ4v) is 1.65. The van der Waals surface area contributed by atoms with E-state index >= 15 is 0 Å². The van der Waals surface area contributed by atoms with Crippen molar-refractivity contribution in [1.29, 1.82) is 0 Å². The molecular weight excluding hydrogens is 214 g/mol. The van der Waals surface area contributed by atoms with E-state index in [1.54, 1.807) is 6.92 Å². The second-order valence-corrected chi connectivity index (χ2v) is 3.79. The van der Waals surface area contributed by atoms with Crippen molar-refractivity contribution >= 4 is 5.78 Å². The summed E-state index contributed by atoms with van der Waals surface area (Å²) in [4.78, 5) is 11.2. The summed E-state index contributed by atoms with van der Waals surface area (Å²) in [5.74, 6) is 0.935. The van der Waals surface area contributed by atoms with Gasteiger partial charge in [0.15, 0.2) is 5.78 Å². The molecule has 0 saturated carbocycles. The third kappa shape index (κ3) is 2.56. The maximum absolute atomic E-state index is 11.2. The van der Waals surface area contributed by atoms with Crippen LogP contribution in [0.15, 0.2) is 42.7 Å². The Balaban J connectivity index is 2.23. The van der Waals surface area contributed by atoms with Crippen LogP contribution in [-0.4, -0.2) is 17.0 Å². The number of hydrogen-bond acceptors (Lipinski definition) is 2. The van der Waals surface area contributed by atoms with Crippen molar-refractivity contribution in [3.63, 3.8) is 0 Å². The largest absolute Gasteiger partial charge is 0.494 e. The van der Waals surface area contributed by atoms with Crippen molar-refractivity contribution in [2.24, 2.45) is 0 Å². The summed E-state index contributed by atoms with van der Waals surface area (Å²) >= 11 is 0. The second kappa shape index (κ2) is 4.87. The molecule has 2 aromatic rings. The van der Waals surface area contributed by atoms with Gasteiger partial charge in [-0.2, -0.15) is 0 Å². The number of carbonyl (C=O) groups is 1. The van der Waals surface area contributed by atoms with Gasteiger partial charge in [0, 0.05) is 23.6 Å². The molecule has 1 aromatic carbocycles. The summed E-state index contributed by atoms with van der Waals surface area (Å²) in [6.45, 7) is 4.19. The van der Waals surface area contributed by atoms with Gasteiger partial charge in [-0.3, -0.25) is 4.79 Å². The zero-order chi connectivity index (χ0) is 12.3. The highest BCUT2D eigenvalue weighted by Gasteiger charge is 2.03. The molecule has 17 heavy (non-hydrogen) atoms. The van der Waals surface area contributed by atoms with Crippen molar-refractivity contribution in [3.05, 3.63) is 48.3 Å². The molecule has 0 aliphatic heterocycles. The lowest BCUT2D eigenvalue weighted by Gasteiger charge is -2.05. The molecular formula is C14H15NO2. The number of rotatable bonds is 4. The lowest BCUT2D eigenvalue weighted by Crippen LogP contribution is -1.94. The average Bonchev–Trinajstić information content (AvgIpc) is 2.80. The van der Waals surface area contributed by atoms with Crippen LogP contribution in [0.1, 0.15) is 24.2 Å². The first-order chi connectivity index (χ1) is 8.20. The Morgan fingerprint density at radius 3 is 2.47 bits per heavy atom. The van der Waals surface area contributed by atoms with Crippen molar-refractivity contribution < 1.29 is 9.53 Å². The Bertz CT molecular complexity index is 511. The monoisotopic (exact) mass is 229 g/mol. The molecule has 0 aliphatic rings. The number of ketones is 1. The molecule has 1 aromatic heterocycles. The van der Waals surface area contributed by atoms with Gasteiger partial charge >= 0.3 is 0 Å². The molecule has 0 saturated heterocycles. The van der Waals surface area contributed by atoms with Crippen LogP contribution in [-0.2, 0) is 0 Å². The Hall–Kier alpha value is -2.03. The first kappa shape index (κ1) is 11.5. The quantitative estimate of drug-likeness (QED) is 0.754. The SMILES string of the molecule is CCOc1ccc(-n2ccc(C(C)=O)c2)cc1. The van der Waals surface area contributed by atoms with E-state index in [9.17, 15) is 4.79 Å². The predicted octanol–water partition coefficient (Wildman–Crippen LogP) is 3.08. The summed E-state index contributed by atoms with van der Waals surface area (Å²) < 4.78 is 7.30. The summed E-state index contributed by atoms with van der Waals surface area (Å²) in [6.07, 6.45) is 3.71. The molecule has 0 unspecified atom stereocenters. The molecule has 0 bridgehead atoms. The Morgan fingerprint density at radius 2 is 1.94 bits per heavy atom. The van der Waals surface area contributed by atoms with Crippen LogP contribution in [0.3, 0.4) is 0 Å². The first-order valence-corrected chi connectivity index (χ1v) is 5.63. The van der Waals surface area contributed by atoms with Crippen LogP contribution in [0.5, 0.6) is 5.75 Å². The van der Waals surface area contributed by atoms with Crippen molar-refractivity contribution in [3.8, 4) is 11.4 Å². The molecule has 1 heterocycles. The number of Topliss-reactive ketones (excluding diaryl/α,β-unsaturated/α-hetero) is 1. The number of benzene rings is 1. The van der Waals surface area contributed by atoms with E-state index in [2.05, 4.69) is 0 Å².